The number of ketones is 1. The normalized spacial score (nSPS) is 13.3. The van der Waals surface area contributed by atoms with E-state index in [1.807, 2.05) is 0 Å². The van der Waals surface area contributed by atoms with Crippen molar-refractivity contribution in [2.45, 2.75) is 0 Å². The van der Waals surface area contributed by atoms with Crippen LogP contribution in [0.4, 0.5) is 0 Å². The van der Waals surface area contributed by atoms with Crippen LogP contribution in [0.3, 0.4) is 0 Å². The predicted octanol–water partition coefficient (Wildman–Crippen LogP) is 4.55. The smallest absolute Gasteiger partial charge is 0.343 e. The zero-order valence-corrected chi connectivity index (χ0v) is 17.7. The average molecular weight is 432 g/mol. The predicted molar refractivity (Wildman–Crippen MR) is 117 cm³/mol. The first-order valence-electron chi connectivity index (χ1n) is 9.69. The van der Waals surface area contributed by atoms with Gasteiger partial charge < -0.3 is 23.7 Å². The Morgan fingerprint density at radius 3 is 2.34 bits per heavy atom. The summed E-state index contributed by atoms with van der Waals surface area (Å²) in [7, 11) is 4.61. The number of allylic oxidation sites excluding steroid dienone is 1. The second-order valence-electron chi connectivity index (χ2n) is 6.83. The molecule has 0 atom stereocenters. The lowest BCUT2D eigenvalue weighted by atomic mass is 10.1. The number of hydrogen-bond acceptors (Lipinski definition) is 7. The Bertz CT molecular complexity index is 1230. The number of benzene rings is 3. The molecule has 162 valence electrons. The van der Waals surface area contributed by atoms with E-state index in [1.54, 1.807) is 67.8 Å². The molecule has 0 N–H and O–H groups in total. The Labute approximate surface area is 184 Å². The maximum Gasteiger partial charge on any atom is 0.343 e. The molecule has 0 unspecified atom stereocenters. The molecule has 32 heavy (non-hydrogen) atoms. The van der Waals surface area contributed by atoms with Gasteiger partial charge in [-0.3, -0.25) is 4.79 Å². The Hall–Kier alpha value is -4.26. The van der Waals surface area contributed by atoms with Crippen molar-refractivity contribution in [2.24, 2.45) is 0 Å². The first kappa shape index (κ1) is 21.0. The second-order valence-corrected chi connectivity index (χ2v) is 6.83. The summed E-state index contributed by atoms with van der Waals surface area (Å²) < 4.78 is 26.9. The maximum atomic E-state index is 12.8. The van der Waals surface area contributed by atoms with Crippen molar-refractivity contribution in [2.75, 3.05) is 21.3 Å². The molecule has 7 nitrogen and oxygen atoms in total. The lowest BCUT2D eigenvalue weighted by Gasteiger charge is -2.08. The van der Waals surface area contributed by atoms with Crippen molar-refractivity contribution >= 4 is 17.8 Å². The molecule has 0 bridgehead atoms. The van der Waals surface area contributed by atoms with Crippen LogP contribution in [0.25, 0.3) is 6.08 Å². The van der Waals surface area contributed by atoms with E-state index in [4.69, 9.17) is 23.7 Å². The fourth-order valence-electron chi connectivity index (χ4n) is 3.23. The van der Waals surface area contributed by atoms with Crippen LogP contribution in [-0.2, 0) is 0 Å². The van der Waals surface area contributed by atoms with Crippen molar-refractivity contribution < 1.29 is 33.3 Å². The maximum absolute atomic E-state index is 12.8. The van der Waals surface area contributed by atoms with Gasteiger partial charge in [-0.2, -0.15) is 0 Å². The average Bonchev–Trinajstić information content (AvgIpc) is 3.13. The van der Waals surface area contributed by atoms with Gasteiger partial charge in [0.15, 0.2) is 5.76 Å². The number of esters is 1. The molecule has 4 rings (SSSR count). The van der Waals surface area contributed by atoms with E-state index in [-0.39, 0.29) is 17.3 Å². The van der Waals surface area contributed by atoms with Crippen molar-refractivity contribution in [3.05, 3.63) is 83.1 Å². The van der Waals surface area contributed by atoms with Gasteiger partial charge in [0.1, 0.15) is 28.7 Å². The van der Waals surface area contributed by atoms with Gasteiger partial charge in [-0.05, 0) is 48.5 Å². The van der Waals surface area contributed by atoms with E-state index < -0.39 is 5.97 Å². The Morgan fingerprint density at radius 1 is 0.844 bits per heavy atom. The van der Waals surface area contributed by atoms with E-state index in [0.717, 1.165) is 0 Å². The summed E-state index contributed by atoms with van der Waals surface area (Å²) in [6.07, 6.45) is 1.60. The summed E-state index contributed by atoms with van der Waals surface area (Å²) in [5.74, 6) is 1.60. The van der Waals surface area contributed by atoms with Crippen LogP contribution < -0.4 is 23.7 Å². The molecule has 3 aromatic rings. The van der Waals surface area contributed by atoms with Crippen LogP contribution in [0.5, 0.6) is 28.7 Å². The number of ether oxygens (including phenoxy) is 5. The molecule has 1 aliphatic heterocycles. The quantitative estimate of drug-likeness (QED) is 0.321. The second kappa shape index (κ2) is 8.85. The third-order valence-corrected chi connectivity index (χ3v) is 4.88. The van der Waals surface area contributed by atoms with Gasteiger partial charge in [0, 0.05) is 17.7 Å². The number of hydrogen-bond donors (Lipinski definition) is 0. The highest BCUT2D eigenvalue weighted by molar-refractivity contribution is 6.14. The lowest BCUT2D eigenvalue weighted by molar-refractivity contribution is 0.0734. The molecular formula is C25H20O7. The molecule has 0 saturated carbocycles. The van der Waals surface area contributed by atoms with Gasteiger partial charge in [0.2, 0.25) is 5.78 Å². The minimum absolute atomic E-state index is 0.139. The van der Waals surface area contributed by atoms with Gasteiger partial charge in [-0.15, -0.1) is 0 Å². The minimum atomic E-state index is -0.549. The van der Waals surface area contributed by atoms with Gasteiger partial charge in [0.25, 0.3) is 0 Å². The summed E-state index contributed by atoms with van der Waals surface area (Å²) in [4.78, 5) is 25.2. The van der Waals surface area contributed by atoms with Crippen molar-refractivity contribution in [3.63, 3.8) is 0 Å². The van der Waals surface area contributed by atoms with Crippen LogP contribution in [0.2, 0.25) is 0 Å². The molecule has 0 amide bonds. The van der Waals surface area contributed by atoms with Crippen molar-refractivity contribution in [1.82, 2.24) is 0 Å². The van der Waals surface area contributed by atoms with Crippen LogP contribution in [0, 0.1) is 0 Å². The molecule has 1 heterocycles. The molecule has 0 saturated heterocycles. The van der Waals surface area contributed by atoms with E-state index >= 15 is 0 Å². The fourth-order valence-corrected chi connectivity index (χ4v) is 3.23. The number of rotatable bonds is 6. The Kier molecular flexibility index (Phi) is 5.81. The van der Waals surface area contributed by atoms with Gasteiger partial charge >= 0.3 is 5.97 Å². The minimum Gasteiger partial charge on any atom is -0.497 e. The van der Waals surface area contributed by atoms with Gasteiger partial charge in [-0.1, -0.05) is 6.07 Å². The van der Waals surface area contributed by atoms with Crippen molar-refractivity contribution in [3.8, 4) is 28.7 Å². The topological polar surface area (TPSA) is 80.3 Å². The summed E-state index contributed by atoms with van der Waals surface area (Å²) >= 11 is 0. The van der Waals surface area contributed by atoms with Gasteiger partial charge in [0.05, 0.1) is 32.5 Å². The van der Waals surface area contributed by atoms with Crippen LogP contribution in [0.15, 0.2) is 66.4 Å². The molecule has 3 aromatic carbocycles. The lowest BCUT2D eigenvalue weighted by Crippen LogP contribution is -2.08. The van der Waals surface area contributed by atoms with E-state index in [1.165, 1.54) is 20.3 Å². The summed E-state index contributed by atoms with van der Waals surface area (Å²) in [5.41, 5.74) is 1.38. The van der Waals surface area contributed by atoms with Crippen molar-refractivity contribution in [1.29, 1.82) is 0 Å². The molecule has 0 aromatic heterocycles. The van der Waals surface area contributed by atoms with Gasteiger partial charge in [-0.25, -0.2) is 4.79 Å². The monoisotopic (exact) mass is 432 g/mol. The third kappa shape index (κ3) is 4.13. The Balaban J connectivity index is 1.56. The first-order valence-corrected chi connectivity index (χ1v) is 9.69. The summed E-state index contributed by atoms with van der Waals surface area (Å²) in [6, 6.07) is 16.5. The van der Waals surface area contributed by atoms with Crippen LogP contribution in [-0.4, -0.2) is 33.1 Å². The fraction of sp³-hybridized carbons (Fsp3) is 0.120. The van der Waals surface area contributed by atoms with Crippen LogP contribution >= 0.6 is 0 Å². The SMILES string of the molecule is COc1cccc(C(=O)Oc2ccc3c(c2)O/C(=C\c2ccc(OC)cc2OC)C3=O)c1. The van der Waals surface area contributed by atoms with E-state index in [9.17, 15) is 9.59 Å². The highest BCUT2D eigenvalue weighted by Crippen LogP contribution is 2.36. The molecule has 0 aliphatic carbocycles. The summed E-state index contributed by atoms with van der Waals surface area (Å²) in [5, 5.41) is 0. The Morgan fingerprint density at radius 2 is 1.59 bits per heavy atom. The standard InChI is InChI=1S/C25H20O7/c1-28-17-6-4-5-16(11-17)25(27)31-19-9-10-20-22(14-19)32-23(24(20)26)12-15-7-8-18(29-2)13-21(15)30-3/h4-14H,1-3H3/b23-12-. The molecule has 0 fully saturated rings. The number of carbonyl (C=O) groups is 2. The highest BCUT2D eigenvalue weighted by Gasteiger charge is 2.28. The zero-order valence-electron chi connectivity index (χ0n) is 17.7. The largest absolute Gasteiger partial charge is 0.497 e. The number of methoxy groups -OCH3 is 3. The summed E-state index contributed by atoms with van der Waals surface area (Å²) in [6.45, 7) is 0. The number of Topliss-reactive ketones (excluding diaryl/α,β-unsaturated/α-hetero) is 1. The third-order valence-electron chi connectivity index (χ3n) is 4.88. The number of carbonyl (C=O) groups excluding carboxylic acids is 2. The first-order chi connectivity index (χ1) is 15.5. The van der Waals surface area contributed by atoms with Crippen LogP contribution in [0.1, 0.15) is 26.3 Å². The zero-order chi connectivity index (χ0) is 22.7. The highest BCUT2D eigenvalue weighted by atomic mass is 16.5. The molecule has 0 spiro atoms. The van der Waals surface area contributed by atoms with E-state index in [0.29, 0.717) is 39.7 Å². The molecule has 1 aliphatic rings. The van der Waals surface area contributed by atoms with E-state index in [2.05, 4.69) is 0 Å². The molecule has 7 heteroatoms. The number of fused-ring (bicyclic) bond motifs is 1. The molecular weight excluding hydrogens is 412 g/mol. The molecule has 0 radical (unpaired) electrons.